The molecule has 0 radical (unpaired) electrons. The van der Waals surface area contributed by atoms with Crippen LogP contribution in [0.5, 0.6) is 0 Å². The van der Waals surface area contributed by atoms with Crippen LogP contribution in [0.4, 0.5) is 5.00 Å². The van der Waals surface area contributed by atoms with Crippen LogP contribution in [0.3, 0.4) is 0 Å². The number of fused-ring (bicyclic) bond motifs is 1. The highest BCUT2D eigenvalue weighted by Crippen LogP contribution is 2.32. The first-order valence-electron chi connectivity index (χ1n) is 7.75. The zero-order valence-corrected chi connectivity index (χ0v) is 14.2. The van der Waals surface area contributed by atoms with Crippen molar-refractivity contribution in [3.63, 3.8) is 0 Å². The van der Waals surface area contributed by atoms with Crippen molar-refractivity contribution in [1.82, 2.24) is 9.69 Å². The number of carbonyl (C=O) groups is 1. The maximum absolute atomic E-state index is 12.1. The van der Waals surface area contributed by atoms with Crippen LogP contribution in [0.2, 0.25) is 0 Å². The van der Waals surface area contributed by atoms with Crippen LogP contribution >= 0.6 is 22.9 Å². The third kappa shape index (κ3) is 2.96. The molecular weight excluding hydrogens is 326 g/mol. The zero-order valence-electron chi connectivity index (χ0n) is 12.6. The van der Waals surface area contributed by atoms with E-state index in [4.69, 9.17) is 0 Å². The van der Waals surface area contributed by atoms with Crippen molar-refractivity contribution < 1.29 is 4.79 Å². The number of hydrogen-bond acceptors (Lipinski definition) is 5. The number of amides is 1. The van der Waals surface area contributed by atoms with Crippen LogP contribution < -0.4 is 10.2 Å². The number of benzene rings is 1. The molecule has 1 N–H and O–H groups in total. The van der Waals surface area contributed by atoms with Gasteiger partial charge in [-0.25, -0.2) is 0 Å². The molecule has 118 valence electrons. The predicted octanol–water partition coefficient (Wildman–Crippen LogP) is 3.76. The number of nitrogens with zero attached hydrogens (tertiary/aromatic N) is 2. The number of piperidine rings is 1. The Balaban J connectivity index is 1.40. The molecule has 0 aliphatic carbocycles. The molecule has 3 aromatic rings. The molecule has 1 saturated heterocycles. The first kappa shape index (κ1) is 14.7. The lowest BCUT2D eigenvalue weighted by Gasteiger charge is -2.32. The van der Waals surface area contributed by atoms with Gasteiger partial charge in [0.25, 0.3) is 5.91 Å². The van der Waals surface area contributed by atoms with E-state index in [0.29, 0.717) is 0 Å². The van der Waals surface area contributed by atoms with Gasteiger partial charge >= 0.3 is 0 Å². The maximum atomic E-state index is 12.1. The average molecular weight is 343 g/mol. The van der Waals surface area contributed by atoms with Crippen LogP contribution in [-0.2, 0) is 0 Å². The number of nitrogens with one attached hydrogen (secondary N) is 1. The maximum Gasteiger partial charge on any atom is 0.261 e. The molecule has 4 nitrogen and oxygen atoms in total. The number of carbonyl (C=O) groups excluding carboxylic acids is 1. The molecule has 1 aliphatic rings. The molecule has 6 heteroatoms. The van der Waals surface area contributed by atoms with Crippen molar-refractivity contribution >= 4 is 44.7 Å². The molecule has 23 heavy (non-hydrogen) atoms. The summed E-state index contributed by atoms with van der Waals surface area (Å²) in [5, 5.41) is 7.58. The fourth-order valence-electron chi connectivity index (χ4n) is 2.99. The quantitative estimate of drug-likeness (QED) is 0.788. The van der Waals surface area contributed by atoms with Gasteiger partial charge in [-0.05, 0) is 48.0 Å². The normalized spacial score (nSPS) is 15.9. The molecule has 1 fully saturated rings. The molecular formula is C17H17N3OS2. The summed E-state index contributed by atoms with van der Waals surface area (Å²) in [7, 11) is 0. The van der Waals surface area contributed by atoms with Gasteiger partial charge in [-0.3, -0.25) is 4.79 Å². The van der Waals surface area contributed by atoms with E-state index in [2.05, 4.69) is 32.8 Å². The summed E-state index contributed by atoms with van der Waals surface area (Å²) in [4.78, 5) is 15.3. The Kier molecular flexibility index (Phi) is 4.01. The minimum atomic E-state index is 0.0571. The fraction of sp³-hybridized carbons (Fsp3) is 0.294. The highest BCUT2D eigenvalue weighted by atomic mass is 32.1. The van der Waals surface area contributed by atoms with E-state index < -0.39 is 0 Å². The van der Waals surface area contributed by atoms with Crippen molar-refractivity contribution in [2.45, 2.75) is 18.9 Å². The van der Waals surface area contributed by atoms with E-state index in [1.807, 2.05) is 23.6 Å². The van der Waals surface area contributed by atoms with E-state index >= 15 is 0 Å². The van der Waals surface area contributed by atoms with Crippen LogP contribution in [0.15, 0.2) is 41.8 Å². The molecule has 0 bridgehead atoms. The first-order chi connectivity index (χ1) is 11.3. The monoisotopic (exact) mass is 343 g/mol. The summed E-state index contributed by atoms with van der Waals surface area (Å²) in [6, 6.07) is 12.3. The number of anilines is 1. The zero-order chi connectivity index (χ0) is 15.6. The topological polar surface area (TPSA) is 45.2 Å². The summed E-state index contributed by atoms with van der Waals surface area (Å²) in [5.74, 6) is 0.0571. The van der Waals surface area contributed by atoms with Gasteiger partial charge in [0, 0.05) is 24.5 Å². The largest absolute Gasteiger partial charge is 0.362 e. The van der Waals surface area contributed by atoms with E-state index in [-0.39, 0.29) is 11.9 Å². The van der Waals surface area contributed by atoms with Crippen LogP contribution in [0.25, 0.3) is 10.9 Å². The molecule has 1 aromatic carbocycles. The SMILES string of the molecule is O=C(NC1CCN(c2snc3ccccc23)CC1)c1cccs1. The molecule has 4 rings (SSSR count). The van der Waals surface area contributed by atoms with Gasteiger partial charge in [0.1, 0.15) is 5.00 Å². The summed E-state index contributed by atoms with van der Waals surface area (Å²) < 4.78 is 4.53. The predicted molar refractivity (Wildman–Crippen MR) is 96.6 cm³/mol. The fourth-order valence-corrected chi connectivity index (χ4v) is 4.53. The Hall–Kier alpha value is -1.92. The van der Waals surface area contributed by atoms with Gasteiger partial charge in [-0.15, -0.1) is 11.3 Å². The van der Waals surface area contributed by atoms with E-state index in [1.165, 1.54) is 21.7 Å². The van der Waals surface area contributed by atoms with Crippen molar-refractivity contribution in [2.24, 2.45) is 0 Å². The highest BCUT2D eigenvalue weighted by molar-refractivity contribution is 7.12. The minimum Gasteiger partial charge on any atom is -0.362 e. The second-order valence-electron chi connectivity index (χ2n) is 5.72. The van der Waals surface area contributed by atoms with E-state index in [1.54, 1.807) is 11.5 Å². The summed E-state index contributed by atoms with van der Waals surface area (Å²) in [6.07, 6.45) is 1.95. The van der Waals surface area contributed by atoms with E-state index in [9.17, 15) is 4.79 Å². The Labute approximate surface area is 142 Å². The molecule has 0 atom stereocenters. The first-order valence-corrected chi connectivity index (χ1v) is 9.40. The molecule has 1 amide bonds. The number of aromatic nitrogens is 1. The van der Waals surface area contributed by atoms with Crippen LogP contribution in [-0.4, -0.2) is 29.4 Å². The van der Waals surface area contributed by atoms with Gasteiger partial charge in [-0.2, -0.15) is 4.37 Å². The molecule has 2 aromatic heterocycles. The lowest BCUT2D eigenvalue weighted by Crippen LogP contribution is -2.44. The number of rotatable bonds is 3. The molecule has 0 saturated carbocycles. The van der Waals surface area contributed by atoms with Crippen molar-refractivity contribution in [3.05, 3.63) is 46.7 Å². The second kappa shape index (κ2) is 6.29. The second-order valence-corrected chi connectivity index (χ2v) is 7.42. The molecule has 0 unspecified atom stereocenters. The Morgan fingerprint density at radius 1 is 1.17 bits per heavy atom. The summed E-state index contributed by atoms with van der Waals surface area (Å²) in [5.41, 5.74) is 1.07. The van der Waals surface area contributed by atoms with Crippen LogP contribution in [0, 0.1) is 0 Å². The Morgan fingerprint density at radius 2 is 2.00 bits per heavy atom. The van der Waals surface area contributed by atoms with Crippen LogP contribution in [0.1, 0.15) is 22.5 Å². The van der Waals surface area contributed by atoms with Crippen molar-refractivity contribution in [1.29, 1.82) is 0 Å². The smallest absolute Gasteiger partial charge is 0.261 e. The molecule has 1 aliphatic heterocycles. The van der Waals surface area contributed by atoms with Gasteiger partial charge in [0.2, 0.25) is 0 Å². The van der Waals surface area contributed by atoms with Crippen molar-refractivity contribution in [2.75, 3.05) is 18.0 Å². The van der Waals surface area contributed by atoms with Crippen molar-refractivity contribution in [3.8, 4) is 0 Å². The van der Waals surface area contributed by atoms with Gasteiger partial charge in [-0.1, -0.05) is 18.2 Å². The third-order valence-corrected chi connectivity index (χ3v) is 6.03. The minimum absolute atomic E-state index is 0.0571. The van der Waals surface area contributed by atoms with Gasteiger partial charge < -0.3 is 10.2 Å². The lowest BCUT2D eigenvalue weighted by atomic mass is 10.0. The standard InChI is InChI=1S/C17H17N3OS2/c21-16(15-6-3-11-22-15)18-12-7-9-20(10-8-12)17-13-4-1-2-5-14(13)19-23-17/h1-6,11-12H,7-10H2,(H,18,21). The lowest BCUT2D eigenvalue weighted by molar-refractivity contribution is 0.0935. The third-order valence-electron chi connectivity index (χ3n) is 4.23. The van der Waals surface area contributed by atoms with E-state index in [0.717, 1.165) is 36.3 Å². The number of hydrogen-bond donors (Lipinski definition) is 1. The summed E-state index contributed by atoms with van der Waals surface area (Å²) in [6.45, 7) is 1.92. The molecule has 0 spiro atoms. The van der Waals surface area contributed by atoms with Gasteiger partial charge in [0.05, 0.1) is 10.4 Å². The Bertz CT molecular complexity index is 804. The van der Waals surface area contributed by atoms with Gasteiger partial charge in [0.15, 0.2) is 0 Å². The Morgan fingerprint density at radius 3 is 2.78 bits per heavy atom. The molecule has 3 heterocycles. The summed E-state index contributed by atoms with van der Waals surface area (Å²) >= 11 is 3.06. The number of thiophene rings is 1. The highest BCUT2D eigenvalue weighted by Gasteiger charge is 2.23. The average Bonchev–Trinajstić information content (AvgIpc) is 3.25.